The van der Waals surface area contributed by atoms with Gasteiger partial charge in [0.15, 0.2) is 16.6 Å². The van der Waals surface area contributed by atoms with Gasteiger partial charge in [0.2, 0.25) is 0 Å². The first kappa shape index (κ1) is 32.8. The molecule has 11 heteroatoms. The van der Waals surface area contributed by atoms with E-state index in [1.54, 1.807) is 30.3 Å². The van der Waals surface area contributed by atoms with E-state index in [4.69, 9.17) is 29.8 Å². The van der Waals surface area contributed by atoms with E-state index in [-0.39, 0.29) is 17.9 Å². The molecule has 0 spiro atoms. The Bertz CT molecular complexity index is 1340. The molecule has 4 N–H and O–H groups in total. The lowest BCUT2D eigenvalue weighted by Gasteiger charge is -2.31. The highest BCUT2D eigenvalue weighted by atomic mass is 28.4. The summed E-state index contributed by atoms with van der Waals surface area (Å²) in [5, 5.41) is 0. The number of hydrogen-bond donors (Lipinski definition) is 2. The van der Waals surface area contributed by atoms with E-state index in [1.165, 1.54) is 48.6 Å². The van der Waals surface area contributed by atoms with Gasteiger partial charge in [-0.05, 0) is 117 Å². The van der Waals surface area contributed by atoms with Gasteiger partial charge < -0.3 is 29.8 Å². The first-order chi connectivity index (χ1) is 19.6. The SMILES string of the molecule is C[Si](C)(C)O[Si](C)(C)CCCOc1ccc(C(F)(F)Oc2ccc(/C=C/C(=O)OCc3cc(N)cc(N)c3)cc2)cc1. The van der Waals surface area contributed by atoms with E-state index in [0.717, 1.165) is 12.5 Å². The maximum Gasteiger partial charge on any atom is 0.426 e. The van der Waals surface area contributed by atoms with Gasteiger partial charge in [-0.1, -0.05) is 12.1 Å². The molecule has 0 radical (unpaired) electrons. The van der Waals surface area contributed by atoms with E-state index in [1.807, 2.05) is 0 Å². The van der Waals surface area contributed by atoms with Crippen LogP contribution in [-0.4, -0.2) is 29.2 Å². The summed E-state index contributed by atoms with van der Waals surface area (Å²) in [4.78, 5) is 12.0. The molecule has 3 aromatic carbocycles. The first-order valence-electron chi connectivity index (χ1n) is 13.7. The maximum absolute atomic E-state index is 14.8. The van der Waals surface area contributed by atoms with E-state index >= 15 is 0 Å². The molecule has 3 aromatic rings. The maximum atomic E-state index is 14.8. The third kappa shape index (κ3) is 11.3. The highest BCUT2D eigenvalue weighted by Gasteiger charge is 2.34. The summed E-state index contributed by atoms with van der Waals surface area (Å²) in [5.74, 6) is -0.0736. The number of carbonyl (C=O) groups is 1. The summed E-state index contributed by atoms with van der Waals surface area (Å²) in [5.41, 5.74) is 13.4. The van der Waals surface area contributed by atoms with Crippen molar-refractivity contribution in [1.29, 1.82) is 0 Å². The van der Waals surface area contributed by atoms with Gasteiger partial charge in [0.25, 0.3) is 0 Å². The average molecular weight is 615 g/mol. The minimum Gasteiger partial charge on any atom is -0.494 e. The molecule has 0 aliphatic heterocycles. The third-order valence-corrected chi connectivity index (χ3v) is 12.1. The van der Waals surface area contributed by atoms with Crippen molar-refractivity contribution >= 4 is 40.1 Å². The lowest BCUT2D eigenvalue weighted by Crippen LogP contribution is -2.42. The number of hydrogen-bond acceptors (Lipinski definition) is 7. The molecule has 3 rings (SSSR count). The normalized spacial score (nSPS) is 12.4. The summed E-state index contributed by atoms with van der Waals surface area (Å²) in [6.45, 7) is 11.5. The van der Waals surface area contributed by atoms with Crippen LogP contribution in [0.1, 0.15) is 23.1 Å². The number of carbonyl (C=O) groups excluding carboxylic acids is 1. The van der Waals surface area contributed by atoms with Crippen molar-refractivity contribution in [2.75, 3.05) is 18.1 Å². The standard InChI is InChI=1S/C31H40F2N2O5Si2/c1-41(2,3)40-42(4,5)18-6-17-37-28-14-10-25(11-15-28)31(32,33)39-29-12-7-23(8-13-29)9-16-30(36)38-22-24-19-26(34)21-27(35)20-24/h7-16,19-21H,6,17-18,22,34-35H2,1-5H3/b16-9+. The number of nitrogens with two attached hydrogens (primary N) is 2. The zero-order valence-electron chi connectivity index (χ0n) is 24.8. The molecule has 0 saturated heterocycles. The molecule has 0 bridgehead atoms. The minimum absolute atomic E-state index is 0.0152. The Hall–Kier alpha value is -3.68. The molecule has 7 nitrogen and oxygen atoms in total. The lowest BCUT2D eigenvalue weighted by molar-refractivity contribution is -0.185. The van der Waals surface area contributed by atoms with Crippen LogP contribution in [-0.2, 0) is 26.4 Å². The van der Waals surface area contributed by atoms with Gasteiger partial charge in [-0.15, -0.1) is 0 Å². The largest absolute Gasteiger partial charge is 0.494 e. The predicted molar refractivity (Wildman–Crippen MR) is 168 cm³/mol. The van der Waals surface area contributed by atoms with Gasteiger partial charge in [-0.2, -0.15) is 8.78 Å². The Balaban J connectivity index is 1.47. The van der Waals surface area contributed by atoms with Crippen LogP contribution < -0.4 is 20.9 Å². The van der Waals surface area contributed by atoms with Gasteiger partial charge in [-0.25, -0.2) is 4.79 Å². The van der Waals surface area contributed by atoms with E-state index < -0.39 is 28.7 Å². The van der Waals surface area contributed by atoms with E-state index in [9.17, 15) is 13.6 Å². The molecule has 226 valence electrons. The zero-order valence-corrected chi connectivity index (χ0v) is 26.8. The number of nitrogen functional groups attached to an aromatic ring is 2. The van der Waals surface area contributed by atoms with E-state index in [2.05, 4.69) is 32.7 Å². The van der Waals surface area contributed by atoms with Crippen molar-refractivity contribution in [3.8, 4) is 11.5 Å². The zero-order chi connectivity index (χ0) is 31.0. The predicted octanol–water partition coefficient (Wildman–Crippen LogP) is 7.56. The molecule has 0 saturated carbocycles. The number of anilines is 2. The van der Waals surface area contributed by atoms with Crippen molar-refractivity contribution in [2.24, 2.45) is 0 Å². The Morgan fingerprint density at radius 3 is 2.07 bits per heavy atom. The van der Waals surface area contributed by atoms with Crippen LogP contribution in [0.3, 0.4) is 0 Å². The number of rotatable bonds is 14. The van der Waals surface area contributed by atoms with Crippen LogP contribution in [0.2, 0.25) is 38.8 Å². The first-order valence-corrected chi connectivity index (χ1v) is 20.2. The molecular formula is C31H40F2N2O5Si2. The van der Waals surface area contributed by atoms with Crippen molar-refractivity contribution < 1.29 is 31.9 Å². The summed E-state index contributed by atoms with van der Waals surface area (Å²) < 4.78 is 51.9. The number of esters is 1. The highest BCUT2D eigenvalue weighted by Crippen LogP contribution is 2.33. The second-order valence-electron chi connectivity index (χ2n) is 11.6. The smallest absolute Gasteiger partial charge is 0.426 e. The quantitative estimate of drug-likeness (QED) is 0.0634. The van der Waals surface area contributed by atoms with Crippen LogP contribution >= 0.6 is 0 Å². The molecule has 0 heterocycles. The number of halogens is 2. The Morgan fingerprint density at radius 2 is 1.48 bits per heavy atom. The monoisotopic (exact) mass is 614 g/mol. The van der Waals surface area contributed by atoms with E-state index in [0.29, 0.717) is 34.9 Å². The van der Waals surface area contributed by atoms with Crippen molar-refractivity contribution in [3.63, 3.8) is 0 Å². The van der Waals surface area contributed by atoms with Crippen LogP contribution in [0, 0.1) is 0 Å². The van der Waals surface area contributed by atoms with Crippen molar-refractivity contribution in [2.45, 2.75) is 57.9 Å². The number of ether oxygens (including phenoxy) is 3. The second-order valence-corrected chi connectivity index (χ2v) is 20.6. The Kier molecular flexibility index (Phi) is 10.9. The Morgan fingerprint density at radius 1 is 0.881 bits per heavy atom. The van der Waals surface area contributed by atoms with Gasteiger partial charge in [0.05, 0.1) is 12.2 Å². The summed E-state index contributed by atoms with van der Waals surface area (Å²) in [6.07, 6.45) is 0.0522. The molecule has 42 heavy (non-hydrogen) atoms. The summed E-state index contributed by atoms with van der Waals surface area (Å²) in [6, 6.07) is 17.5. The molecule has 0 atom stereocenters. The minimum atomic E-state index is -3.55. The fourth-order valence-electron chi connectivity index (χ4n) is 4.36. The number of benzene rings is 3. The second kappa shape index (κ2) is 14.0. The molecular weight excluding hydrogens is 575 g/mol. The van der Waals surface area contributed by atoms with Crippen LogP contribution in [0.25, 0.3) is 6.08 Å². The molecule has 0 aliphatic rings. The Labute approximate surface area is 248 Å². The lowest BCUT2D eigenvalue weighted by atomic mass is 10.2. The molecule has 0 amide bonds. The number of alkyl halides is 2. The summed E-state index contributed by atoms with van der Waals surface area (Å²) >= 11 is 0. The van der Waals surface area contributed by atoms with Gasteiger partial charge in [-0.3, -0.25) is 0 Å². The molecule has 0 aliphatic carbocycles. The molecule has 0 fully saturated rings. The third-order valence-electron chi connectivity index (χ3n) is 5.92. The van der Waals surface area contributed by atoms with Crippen molar-refractivity contribution in [1.82, 2.24) is 0 Å². The van der Waals surface area contributed by atoms with Gasteiger partial charge in [0, 0.05) is 17.5 Å². The molecule has 0 aromatic heterocycles. The van der Waals surface area contributed by atoms with Gasteiger partial charge >= 0.3 is 12.1 Å². The summed E-state index contributed by atoms with van der Waals surface area (Å²) in [7, 11) is -3.33. The fraction of sp³-hybridized carbons (Fsp3) is 0.323. The average Bonchev–Trinajstić information content (AvgIpc) is 2.88. The van der Waals surface area contributed by atoms with Crippen LogP contribution in [0.4, 0.5) is 20.2 Å². The molecule has 0 unspecified atom stereocenters. The highest BCUT2D eigenvalue weighted by molar-refractivity contribution is 6.84. The van der Waals surface area contributed by atoms with Gasteiger partial charge in [0.1, 0.15) is 18.1 Å². The van der Waals surface area contributed by atoms with Crippen LogP contribution in [0.5, 0.6) is 11.5 Å². The van der Waals surface area contributed by atoms with Crippen LogP contribution in [0.15, 0.2) is 72.8 Å². The topological polar surface area (TPSA) is 106 Å². The fourth-order valence-corrected chi connectivity index (χ4v) is 12.4. The van der Waals surface area contributed by atoms with Crippen molar-refractivity contribution in [3.05, 3.63) is 89.5 Å².